The van der Waals surface area contributed by atoms with Gasteiger partial charge in [-0.2, -0.15) is 0 Å². The Morgan fingerprint density at radius 3 is 2.57 bits per heavy atom. The van der Waals surface area contributed by atoms with Crippen LogP contribution in [0.1, 0.15) is 70.2 Å². The monoisotopic (exact) mass is 287 g/mol. The number of furan rings is 1. The van der Waals surface area contributed by atoms with E-state index >= 15 is 0 Å². The van der Waals surface area contributed by atoms with E-state index in [4.69, 9.17) is 4.42 Å². The van der Waals surface area contributed by atoms with Crippen LogP contribution in [0.3, 0.4) is 0 Å². The van der Waals surface area contributed by atoms with Crippen molar-refractivity contribution in [3.05, 3.63) is 35.6 Å². The van der Waals surface area contributed by atoms with Gasteiger partial charge < -0.3 is 9.73 Å². The van der Waals surface area contributed by atoms with E-state index < -0.39 is 0 Å². The third kappa shape index (κ3) is 4.10. The predicted octanol–water partition coefficient (Wildman–Crippen LogP) is 5.75. The molecule has 2 heteroatoms. The van der Waals surface area contributed by atoms with Gasteiger partial charge in [-0.3, -0.25) is 0 Å². The van der Waals surface area contributed by atoms with Gasteiger partial charge >= 0.3 is 0 Å². The quantitative estimate of drug-likeness (QED) is 0.625. The summed E-state index contributed by atoms with van der Waals surface area (Å²) in [5.41, 5.74) is 2.26. The van der Waals surface area contributed by atoms with E-state index in [-0.39, 0.29) is 6.04 Å². The van der Waals surface area contributed by atoms with Crippen LogP contribution in [0.2, 0.25) is 0 Å². The summed E-state index contributed by atoms with van der Waals surface area (Å²) in [5, 5.41) is 4.91. The number of aryl methyl sites for hydroxylation is 1. The number of nitrogens with one attached hydrogen (secondary N) is 1. The zero-order valence-corrected chi connectivity index (χ0v) is 13.9. The third-order valence-electron chi connectivity index (χ3n) is 4.30. The number of para-hydroxylation sites is 1. The lowest BCUT2D eigenvalue weighted by Crippen LogP contribution is -2.29. The molecule has 0 saturated carbocycles. The van der Waals surface area contributed by atoms with Gasteiger partial charge in [0, 0.05) is 11.4 Å². The summed E-state index contributed by atoms with van der Waals surface area (Å²) in [7, 11) is 0. The van der Waals surface area contributed by atoms with Gasteiger partial charge in [-0.25, -0.2) is 0 Å². The minimum absolute atomic E-state index is 0.263. The average molecular weight is 287 g/mol. The first-order valence-corrected chi connectivity index (χ1v) is 8.37. The average Bonchev–Trinajstić information content (AvgIpc) is 2.81. The molecule has 0 saturated heterocycles. The number of hydrogen-bond acceptors (Lipinski definition) is 2. The summed E-state index contributed by atoms with van der Waals surface area (Å²) in [6.45, 7) is 8.90. The number of fused-ring (bicyclic) bond motifs is 1. The molecule has 0 bridgehead atoms. The standard InChI is InChI=1S/C19H29NO/c1-5-6-7-8-11-14(2)20-16(4)19-15(3)17-12-9-10-13-18(17)21-19/h9-10,12-14,16,20H,5-8,11H2,1-4H3. The van der Waals surface area contributed by atoms with Crippen LogP contribution in [0.25, 0.3) is 11.0 Å². The minimum Gasteiger partial charge on any atom is -0.459 e. The van der Waals surface area contributed by atoms with Crippen molar-refractivity contribution >= 4 is 11.0 Å². The predicted molar refractivity (Wildman–Crippen MR) is 90.7 cm³/mol. The lowest BCUT2D eigenvalue weighted by Gasteiger charge is -2.19. The van der Waals surface area contributed by atoms with Gasteiger partial charge in [0.25, 0.3) is 0 Å². The zero-order valence-electron chi connectivity index (χ0n) is 13.9. The summed E-state index contributed by atoms with van der Waals surface area (Å²) in [4.78, 5) is 0. The molecule has 0 spiro atoms. The second-order valence-electron chi connectivity index (χ2n) is 6.23. The summed E-state index contributed by atoms with van der Waals surface area (Å²) in [6, 6.07) is 9.08. The molecule has 2 atom stereocenters. The number of benzene rings is 1. The van der Waals surface area contributed by atoms with Crippen LogP contribution in [-0.2, 0) is 0 Å². The van der Waals surface area contributed by atoms with Gasteiger partial charge in [0.05, 0.1) is 6.04 Å². The van der Waals surface area contributed by atoms with E-state index in [1.807, 2.05) is 12.1 Å². The van der Waals surface area contributed by atoms with Crippen LogP contribution in [0.5, 0.6) is 0 Å². The molecular formula is C19H29NO. The Morgan fingerprint density at radius 1 is 1.10 bits per heavy atom. The molecule has 0 aliphatic rings. The van der Waals surface area contributed by atoms with Crippen LogP contribution < -0.4 is 5.32 Å². The van der Waals surface area contributed by atoms with Crippen molar-refractivity contribution in [2.45, 2.75) is 71.9 Å². The molecule has 2 aromatic rings. The van der Waals surface area contributed by atoms with Crippen molar-refractivity contribution < 1.29 is 4.42 Å². The minimum atomic E-state index is 0.263. The molecule has 0 amide bonds. The van der Waals surface area contributed by atoms with E-state index in [1.165, 1.54) is 43.1 Å². The maximum atomic E-state index is 6.04. The van der Waals surface area contributed by atoms with Gasteiger partial charge in [-0.05, 0) is 38.8 Å². The third-order valence-corrected chi connectivity index (χ3v) is 4.30. The summed E-state index contributed by atoms with van der Waals surface area (Å²) >= 11 is 0. The van der Waals surface area contributed by atoms with Crippen molar-refractivity contribution in [3.63, 3.8) is 0 Å². The second-order valence-corrected chi connectivity index (χ2v) is 6.23. The lowest BCUT2D eigenvalue weighted by atomic mass is 10.1. The molecule has 2 rings (SSSR count). The number of rotatable bonds is 8. The van der Waals surface area contributed by atoms with Crippen molar-refractivity contribution in [3.8, 4) is 0 Å². The molecule has 1 aromatic heterocycles. The fourth-order valence-electron chi connectivity index (χ4n) is 3.07. The van der Waals surface area contributed by atoms with Crippen LogP contribution in [0, 0.1) is 6.92 Å². The maximum Gasteiger partial charge on any atom is 0.134 e. The Kier molecular flexibility index (Phi) is 5.86. The molecule has 1 heterocycles. The van der Waals surface area contributed by atoms with E-state index in [1.54, 1.807) is 0 Å². The molecule has 2 nitrogen and oxygen atoms in total. The van der Waals surface area contributed by atoms with Gasteiger partial charge in [-0.1, -0.05) is 50.8 Å². The number of unbranched alkanes of at least 4 members (excludes halogenated alkanes) is 3. The summed E-state index contributed by atoms with van der Waals surface area (Å²) in [5.74, 6) is 1.08. The second kappa shape index (κ2) is 7.65. The molecule has 21 heavy (non-hydrogen) atoms. The van der Waals surface area contributed by atoms with Crippen LogP contribution in [-0.4, -0.2) is 6.04 Å². The first kappa shape index (κ1) is 16.1. The van der Waals surface area contributed by atoms with E-state index in [9.17, 15) is 0 Å². The molecule has 0 aliphatic carbocycles. The van der Waals surface area contributed by atoms with E-state index in [0.717, 1.165) is 11.3 Å². The van der Waals surface area contributed by atoms with Gasteiger partial charge in [0.1, 0.15) is 11.3 Å². The Labute approximate surface area is 128 Å². The van der Waals surface area contributed by atoms with Crippen LogP contribution in [0.15, 0.2) is 28.7 Å². The van der Waals surface area contributed by atoms with Crippen LogP contribution in [0.4, 0.5) is 0 Å². The first-order chi connectivity index (χ1) is 10.1. The van der Waals surface area contributed by atoms with Gasteiger partial charge in [0.15, 0.2) is 0 Å². The van der Waals surface area contributed by atoms with Crippen molar-refractivity contribution in [1.82, 2.24) is 5.32 Å². The Morgan fingerprint density at radius 2 is 1.86 bits per heavy atom. The SMILES string of the molecule is CCCCCCC(C)NC(C)c1oc2ccccc2c1C. The summed E-state index contributed by atoms with van der Waals surface area (Å²) in [6.07, 6.45) is 6.55. The highest BCUT2D eigenvalue weighted by atomic mass is 16.3. The van der Waals surface area contributed by atoms with Gasteiger partial charge in [0.2, 0.25) is 0 Å². The van der Waals surface area contributed by atoms with E-state index in [2.05, 4.69) is 45.1 Å². The normalized spacial score (nSPS) is 14.5. The topological polar surface area (TPSA) is 25.2 Å². The molecule has 1 aromatic carbocycles. The molecule has 116 valence electrons. The smallest absolute Gasteiger partial charge is 0.134 e. The number of hydrogen-bond donors (Lipinski definition) is 1. The first-order valence-electron chi connectivity index (χ1n) is 8.37. The zero-order chi connectivity index (χ0) is 15.2. The van der Waals surface area contributed by atoms with Crippen molar-refractivity contribution in [2.24, 2.45) is 0 Å². The molecule has 0 aliphatic heterocycles. The molecular weight excluding hydrogens is 258 g/mol. The Balaban J connectivity index is 1.95. The molecule has 0 fully saturated rings. The fraction of sp³-hybridized carbons (Fsp3) is 0.579. The van der Waals surface area contributed by atoms with Crippen LogP contribution >= 0.6 is 0 Å². The maximum absolute atomic E-state index is 6.04. The largest absolute Gasteiger partial charge is 0.459 e. The fourth-order valence-corrected chi connectivity index (χ4v) is 3.07. The van der Waals surface area contributed by atoms with E-state index in [0.29, 0.717) is 6.04 Å². The van der Waals surface area contributed by atoms with Crippen molar-refractivity contribution in [2.75, 3.05) is 0 Å². The molecule has 2 unspecified atom stereocenters. The Hall–Kier alpha value is -1.28. The highest BCUT2D eigenvalue weighted by Gasteiger charge is 2.17. The lowest BCUT2D eigenvalue weighted by molar-refractivity contribution is 0.389. The van der Waals surface area contributed by atoms with Gasteiger partial charge in [-0.15, -0.1) is 0 Å². The highest BCUT2D eigenvalue weighted by molar-refractivity contribution is 5.82. The Bertz CT molecular complexity index is 558. The highest BCUT2D eigenvalue weighted by Crippen LogP contribution is 2.29. The molecule has 1 N–H and O–H groups in total. The van der Waals surface area contributed by atoms with Crippen molar-refractivity contribution in [1.29, 1.82) is 0 Å². The molecule has 0 radical (unpaired) electrons. The summed E-state index contributed by atoms with van der Waals surface area (Å²) < 4.78 is 6.04.